The molecule has 0 saturated carbocycles. The molecule has 4 heteroatoms. The van der Waals surface area contributed by atoms with Gasteiger partial charge in [0, 0.05) is 12.8 Å². The second-order valence-corrected chi connectivity index (χ2v) is 3.08. The SMILES string of the molecule is CC(=O)S.CC(C)C(=O)S. The van der Waals surface area contributed by atoms with Crippen LogP contribution in [0.15, 0.2) is 0 Å². The van der Waals surface area contributed by atoms with Crippen molar-refractivity contribution in [1.82, 2.24) is 0 Å². The molecule has 0 spiro atoms. The summed E-state index contributed by atoms with van der Waals surface area (Å²) in [6, 6.07) is 0. The average Bonchev–Trinajstić information content (AvgIpc) is 1.63. The zero-order valence-corrected chi connectivity index (χ0v) is 8.08. The molecule has 2 nitrogen and oxygen atoms in total. The van der Waals surface area contributed by atoms with E-state index in [0.717, 1.165) is 0 Å². The van der Waals surface area contributed by atoms with Crippen LogP contribution in [0.5, 0.6) is 0 Å². The van der Waals surface area contributed by atoms with E-state index in [2.05, 4.69) is 25.3 Å². The van der Waals surface area contributed by atoms with Gasteiger partial charge in [-0.05, 0) is 0 Å². The summed E-state index contributed by atoms with van der Waals surface area (Å²) in [5, 5.41) is -0.185. The molecule has 0 atom stereocenters. The van der Waals surface area contributed by atoms with Crippen molar-refractivity contribution in [1.29, 1.82) is 0 Å². The van der Waals surface area contributed by atoms with Crippen molar-refractivity contribution >= 4 is 35.5 Å². The maximum Gasteiger partial charge on any atom is 0.188 e. The topological polar surface area (TPSA) is 34.1 Å². The van der Waals surface area contributed by atoms with Crippen molar-refractivity contribution in [3.63, 3.8) is 0 Å². The smallest absolute Gasteiger partial charge is 0.188 e. The monoisotopic (exact) mass is 180 g/mol. The number of hydrogen-bond donors (Lipinski definition) is 2. The summed E-state index contributed by atoms with van der Waals surface area (Å²) in [5.41, 5.74) is 0. The first-order chi connectivity index (χ1) is 4.37. The van der Waals surface area contributed by atoms with Gasteiger partial charge in [-0.3, -0.25) is 9.59 Å². The third-order valence-corrected chi connectivity index (χ3v) is 1.01. The lowest BCUT2D eigenvalue weighted by atomic mass is 10.3. The van der Waals surface area contributed by atoms with Gasteiger partial charge >= 0.3 is 0 Å². The molecule has 0 aromatic heterocycles. The van der Waals surface area contributed by atoms with E-state index in [-0.39, 0.29) is 16.1 Å². The molecule has 0 radical (unpaired) electrons. The largest absolute Gasteiger partial charge is 0.288 e. The Morgan fingerprint density at radius 2 is 1.30 bits per heavy atom. The maximum atomic E-state index is 10.0. The lowest BCUT2D eigenvalue weighted by Gasteiger charge is -1.89. The minimum absolute atomic E-state index is 0.0463. The molecule has 0 fully saturated rings. The highest BCUT2D eigenvalue weighted by Gasteiger charge is 1.96. The highest BCUT2D eigenvalue weighted by molar-refractivity contribution is 7.96. The van der Waals surface area contributed by atoms with Crippen LogP contribution in [0.1, 0.15) is 20.8 Å². The van der Waals surface area contributed by atoms with Gasteiger partial charge in [0.15, 0.2) is 10.2 Å². The van der Waals surface area contributed by atoms with E-state index in [9.17, 15) is 9.59 Å². The lowest BCUT2D eigenvalue weighted by Crippen LogP contribution is -1.95. The van der Waals surface area contributed by atoms with E-state index in [4.69, 9.17) is 0 Å². The van der Waals surface area contributed by atoms with E-state index < -0.39 is 0 Å². The summed E-state index contributed by atoms with van der Waals surface area (Å²) in [5.74, 6) is 0.0772. The maximum absolute atomic E-state index is 10.0. The number of thiol groups is 2. The summed E-state index contributed by atoms with van der Waals surface area (Å²) in [7, 11) is 0. The fraction of sp³-hybridized carbons (Fsp3) is 0.667. The van der Waals surface area contributed by atoms with Crippen LogP contribution in [-0.4, -0.2) is 10.2 Å². The summed E-state index contributed by atoms with van der Waals surface area (Å²) in [6.45, 7) is 5.02. The molecule has 0 aromatic carbocycles. The molecule has 10 heavy (non-hydrogen) atoms. The Balaban J connectivity index is 0. The van der Waals surface area contributed by atoms with Crippen molar-refractivity contribution in [3.05, 3.63) is 0 Å². The van der Waals surface area contributed by atoms with Gasteiger partial charge in [-0.2, -0.15) is 0 Å². The van der Waals surface area contributed by atoms with Gasteiger partial charge in [-0.15, -0.1) is 25.3 Å². The van der Waals surface area contributed by atoms with Gasteiger partial charge in [0.2, 0.25) is 0 Å². The fourth-order valence-corrected chi connectivity index (χ4v) is 0. The minimum atomic E-state index is -0.139. The highest BCUT2D eigenvalue weighted by atomic mass is 32.1. The molecular weight excluding hydrogens is 168 g/mol. The number of carbonyl (C=O) groups is 2. The van der Waals surface area contributed by atoms with E-state index in [1.165, 1.54) is 6.92 Å². The molecule has 60 valence electrons. The molecule has 0 aliphatic heterocycles. The van der Waals surface area contributed by atoms with Crippen LogP contribution >= 0.6 is 25.3 Å². The van der Waals surface area contributed by atoms with Crippen LogP contribution in [0.2, 0.25) is 0 Å². The van der Waals surface area contributed by atoms with Crippen molar-refractivity contribution in [3.8, 4) is 0 Å². The first-order valence-electron chi connectivity index (χ1n) is 2.80. The highest BCUT2D eigenvalue weighted by Crippen LogP contribution is 1.94. The number of rotatable bonds is 1. The van der Waals surface area contributed by atoms with Crippen molar-refractivity contribution in [2.24, 2.45) is 5.92 Å². The summed E-state index contributed by atoms with van der Waals surface area (Å²) in [4.78, 5) is 19.3. The van der Waals surface area contributed by atoms with Gasteiger partial charge < -0.3 is 0 Å². The predicted octanol–water partition coefficient (Wildman–Crippen LogP) is 1.56. The van der Waals surface area contributed by atoms with Gasteiger partial charge in [-0.1, -0.05) is 13.8 Å². The Kier molecular flexibility index (Phi) is 9.08. The molecule has 0 unspecified atom stereocenters. The van der Waals surface area contributed by atoms with Crippen LogP contribution in [0.25, 0.3) is 0 Å². The van der Waals surface area contributed by atoms with Crippen LogP contribution < -0.4 is 0 Å². The number of carbonyl (C=O) groups excluding carboxylic acids is 2. The standard InChI is InChI=1S/C4H8OS.C2H4OS/c1-3(2)4(5)6;1-2(3)4/h3H,1-2H3,(H,5,6);1H3,(H,3,4). The molecule has 0 bridgehead atoms. The van der Waals surface area contributed by atoms with Gasteiger partial charge in [0.1, 0.15) is 0 Å². The molecular formula is C6H12O2S2. The average molecular weight is 180 g/mol. The van der Waals surface area contributed by atoms with Crippen LogP contribution in [0.4, 0.5) is 0 Å². The van der Waals surface area contributed by atoms with E-state index >= 15 is 0 Å². The summed E-state index contributed by atoms with van der Waals surface area (Å²) < 4.78 is 0. The first-order valence-corrected chi connectivity index (χ1v) is 3.69. The first kappa shape index (κ1) is 12.7. The Hall–Kier alpha value is 0.0400. The van der Waals surface area contributed by atoms with Crippen molar-refractivity contribution in [2.75, 3.05) is 0 Å². The third-order valence-electron chi connectivity index (χ3n) is 0.494. The second kappa shape index (κ2) is 7.15. The molecule has 0 rings (SSSR count). The quantitative estimate of drug-likeness (QED) is 0.601. The molecule has 0 amide bonds. The van der Waals surface area contributed by atoms with Gasteiger partial charge in [-0.25, -0.2) is 0 Å². The summed E-state index contributed by atoms with van der Waals surface area (Å²) in [6.07, 6.45) is 0. The van der Waals surface area contributed by atoms with Gasteiger partial charge in [0.25, 0.3) is 0 Å². The van der Waals surface area contributed by atoms with Crippen LogP contribution in [0, 0.1) is 5.92 Å². The third kappa shape index (κ3) is 24.4. The lowest BCUT2D eigenvalue weighted by molar-refractivity contribution is -0.113. The van der Waals surface area contributed by atoms with Crippen molar-refractivity contribution in [2.45, 2.75) is 20.8 Å². The zero-order chi connectivity index (χ0) is 8.73. The minimum Gasteiger partial charge on any atom is -0.288 e. The van der Waals surface area contributed by atoms with E-state index in [1.54, 1.807) is 0 Å². The second-order valence-electron chi connectivity index (χ2n) is 2.01. The Labute approximate surface area is 72.2 Å². The molecule has 0 N–H and O–H groups in total. The summed E-state index contributed by atoms with van der Waals surface area (Å²) >= 11 is 6.88. The zero-order valence-electron chi connectivity index (χ0n) is 6.29. The van der Waals surface area contributed by atoms with Crippen LogP contribution in [-0.2, 0) is 9.59 Å². The molecule has 0 heterocycles. The molecule has 0 aliphatic rings. The Morgan fingerprint density at radius 3 is 1.30 bits per heavy atom. The molecule has 0 aliphatic carbocycles. The van der Waals surface area contributed by atoms with Crippen LogP contribution in [0.3, 0.4) is 0 Å². The number of hydrogen-bond acceptors (Lipinski definition) is 2. The van der Waals surface area contributed by atoms with E-state index in [0.29, 0.717) is 0 Å². The molecule has 0 aromatic rings. The Bertz CT molecular complexity index is 117. The van der Waals surface area contributed by atoms with E-state index in [1.807, 2.05) is 13.8 Å². The molecule has 0 saturated heterocycles. The van der Waals surface area contributed by atoms with Crippen molar-refractivity contribution < 1.29 is 9.59 Å². The predicted molar refractivity (Wildman–Crippen MR) is 48.5 cm³/mol. The Morgan fingerprint density at radius 1 is 1.20 bits per heavy atom. The normalized spacial score (nSPS) is 8.20. The fourth-order valence-electron chi connectivity index (χ4n) is 0. The van der Waals surface area contributed by atoms with Gasteiger partial charge in [0.05, 0.1) is 0 Å².